The zero-order valence-electron chi connectivity index (χ0n) is 16.8. The number of benzene rings is 1. The Hall–Kier alpha value is -1.22. The molecule has 1 heterocycles. The Morgan fingerprint density at radius 1 is 1.19 bits per heavy atom. The molecule has 150 valence electrons. The minimum absolute atomic E-state index is 0. The molecule has 0 atom stereocenters. The summed E-state index contributed by atoms with van der Waals surface area (Å²) in [5.74, 6) is 4.37. The predicted molar refractivity (Wildman–Crippen MR) is 126 cm³/mol. The summed E-state index contributed by atoms with van der Waals surface area (Å²) in [7, 11) is 1.77. The molecule has 1 aromatic heterocycles. The summed E-state index contributed by atoms with van der Waals surface area (Å²) >= 11 is 1.91. The van der Waals surface area contributed by atoms with Gasteiger partial charge in [0, 0.05) is 30.5 Å². The van der Waals surface area contributed by atoms with Crippen molar-refractivity contribution >= 4 is 41.7 Å². The molecule has 0 amide bonds. The number of guanidine groups is 1. The van der Waals surface area contributed by atoms with Crippen LogP contribution in [0.1, 0.15) is 43.5 Å². The monoisotopic (exact) mass is 502 g/mol. The molecule has 0 saturated carbocycles. The van der Waals surface area contributed by atoms with Crippen LogP contribution in [0, 0.1) is 6.92 Å². The van der Waals surface area contributed by atoms with Gasteiger partial charge in [-0.25, -0.2) is 4.98 Å². The Bertz CT molecular complexity index is 708. The van der Waals surface area contributed by atoms with E-state index in [9.17, 15) is 0 Å². The van der Waals surface area contributed by atoms with E-state index >= 15 is 0 Å². The molecule has 0 bridgehead atoms. The van der Waals surface area contributed by atoms with Crippen LogP contribution in [-0.4, -0.2) is 30.3 Å². The number of hydrogen-bond acceptors (Lipinski definition) is 4. The van der Waals surface area contributed by atoms with E-state index in [1.165, 1.54) is 11.1 Å². The standard InChI is InChI=1S/C20H30N4OS.HI/c1-15-6-8-16(9-7-15)14-26-11-10-22-19(21-5)24-13-18-23-12-17(25-18)20(2,3)4;/h6-9,12H,10-11,13-14H2,1-5H3,(H2,21,22,24);1H. The number of oxazole rings is 1. The molecule has 5 nitrogen and oxygen atoms in total. The molecule has 2 N–H and O–H groups in total. The highest BCUT2D eigenvalue weighted by atomic mass is 127. The number of halogens is 1. The van der Waals surface area contributed by atoms with Gasteiger partial charge in [-0.3, -0.25) is 4.99 Å². The SMILES string of the molecule is CN=C(NCCSCc1ccc(C)cc1)NCc1ncc(C(C)(C)C)o1.I. The van der Waals surface area contributed by atoms with Crippen LogP contribution in [0.5, 0.6) is 0 Å². The molecule has 0 saturated heterocycles. The van der Waals surface area contributed by atoms with Crippen molar-refractivity contribution in [2.24, 2.45) is 4.99 Å². The summed E-state index contributed by atoms with van der Waals surface area (Å²) in [6.45, 7) is 9.82. The number of aliphatic imine (C=N–C) groups is 1. The van der Waals surface area contributed by atoms with E-state index in [1.807, 2.05) is 11.8 Å². The highest BCUT2D eigenvalue weighted by molar-refractivity contribution is 14.0. The summed E-state index contributed by atoms with van der Waals surface area (Å²) in [6, 6.07) is 8.71. The van der Waals surface area contributed by atoms with Gasteiger partial charge in [-0.1, -0.05) is 50.6 Å². The van der Waals surface area contributed by atoms with Gasteiger partial charge >= 0.3 is 0 Å². The zero-order chi connectivity index (χ0) is 19.0. The average Bonchev–Trinajstić information content (AvgIpc) is 3.08. The average molecular weight is 502 g/mol. The fraction of sp³-hybridized carbons (Fsp3) is 0.500. The first-order chi connectivity index (χ1) is 12.4. The lowest BCUT2D eigenvalue weighted by atomic mass is 9.94. The number of aryl methyl sites for hydroxylation is 1. The third-order valence-corrected chi connectivity index (χ3v) is 4.88. The molecule has 7 heteroatoms. The van der Waals surface area contributed by atoms with Crippen LogP contribution in [0.3, 0.4) is 0 Å². The van der Waals surface area contributed by atoms with E-state index in [0.717, 1.165) is 29.8 Å². The molecule has 0 fully saturated rings. The first kappa shape index (κ1) is 23.8. The minimum Gasteiger partial charge on any atom is -0.443 e. The van der Waals surface area contributed by atoms with Gasteiger partial charge in [0.2, 0.25) is 5.89 Å². The fourth-order valence-electron chi connectivity index (χ4n) is 2.23. The first-order valence-electron chi connectivity index (χ1n) is 8.91. The maximum Gasteiger partial charge on any atom is 0.213 e. The van der Waals surface area contributed by atoms with Crippen LogP contribution >= 0.6 is 35.7 Å². The van der Waals surface area contributed by atoms with Gasteiger partial charge in [-0.15, -0.1) is 24.0 Å². The van der Waals surface area contributed by atoms with Crippen LogP contribution in [0.4, 0.5) is 0 Å². The second-order valence-corrected chi connectivity index (χ2v) is 8.36. The molecule has 0 aliphatic carbocycles. The summed E-state index contributed by atoms with van der Waals surface area (Å²) in [6.07, 6.45) is 1.80. The van der Waals surface area contributed by atoms with Gasteiger partial charge in [-0.05, 0) is 12.5 Å². The normalized spacial score (nSPS) is 11.8. The van der Waals surface area contributed by atoms with Gasteiger partial charge in [0.25, 0.3) is 0 Å². The van der Waals surface area contributed by atoms with Crippen molar-refractivity contribution in [3.8, 4) is 0 Å². The van der Waals surface area contributed by atoms with Gasteiger partial charge in [0.05, 0.1) is 12.7 Å². The van der Waals surface area contributed by atoms with Crippen LogP contribution in [0.2, 0.25) is 0 Å². The maximum atomic E-state index is 5.78. The Balaban J connectivity index is 0.00000364. The van der Waals surface area contributed by atoms with Crippen molar-refractivity contribution in [1.29, 1.82) is 0 Å². The Morgan fingerprint density at radius 3 is 2.48 bits per heavy atom. The summed E-state index contributed by atoms with van der Waals surface area (Å²) in [5, 5.41) is 6.56. The Kier molecular flexibility index (Phi) is 10.2. The number of rotatable bonds is 7. The molecule has 2 aromatic rings. The maximum absolute atomic E-state index is 5.78. The highest BCUT2D eigenvalue weighted by Gasteiger charge is 2.19. The first-order valence-corrected chi connectivity index (χ1v) is 10.1. The minimum atomic E-state index is -0.0279. The largest absolute Gasteiger partial charge is 0.443 e. The molecular formula is C20H31IN4OS. The summed E-state index contributed by atoms with van der Waals surface area (Å²) in [5.41, 5.74) is 2.64. The quantitative estimate of drug-likeness (QED) is 0.253. The number of aromatic nitrogens is 1. The third-order valence-electron chi connectivity index (χ3n) is 3.85. The van der Waals surface area contributed by atoms with Crippen molar-refractivity contribution in [3.05, 3.63) is 53.2 Å². The Labute approximate surface area is 184 Å². The van der Waals surface area contributed by atoms with E-state index < -0.39 is 0 Å². The van der Waals surface area contributed by atoms with E-state index in [1.54, 1.807) is 13.2 Å². The van der Waals surface area contributed by atoms with E-state index in [4.69, 9.17) is 4.42 Å². The fourth-order valence-corrected chi connectivity index (χ4v) is 3.05. The number of hydrogen-bond donors (Lipinski definition) is 2. The zero-order valence-corrected chi connectivity index (χ0v) is 20.0. The lowest BCUT2D eigenvalue weighted by Crippen LogP contribution is -2.38. The second kappa shape index (κ2) is 11.6. The smallest absolute Gasteiger partial charge is 0.213 e. The molecule has 0 aliphatic rings. The van der Waals surface area contributed by atoms with Crippen molar-refractivity contribution in [2.45, 2.75) is 45.4 Å². The summed E-state index contributed by atoms with van der Waals surface area (Å²) in [4.78, 5) is 8.56. The highest BCUT2D eigenvalue weighted by Crippen LogP contribution is 2.22. The molecule has 27 heavy (non-hydrogen) atoms. The van der Waals surface area contributed by atoms with Gasteiger partial charge in [-0.2, -0.15) is 11.8 Å². The van der Waals surface area contributed by atoms with Crippen LogP contribution in [-0.2, 0) is 17.7 Å². The summed E-state index contributed by atoms with van der Waals surface area (Å²) < 4.78 is 5.78. The van der Waals surface area contributed by atoms with Crippen molar-refractivity contribution < 1.29 is 4.42 Å². The van der Waals surface area contributed by atoms with Gasteiger partial charge < -0.3 is 15.1 Å². The molecular weight excluding hydrogens is 471 g/mol. The molecule has 0 spiro atoms. The number of nitrogens with one attached hydrogen (secondary N) is 2. The van der Waals surface area contributed by atoms with E-state index in [0.29, 0.717) is 12.4 Å². The molecule has 0 unspecified atom stereocenters. The number of nitrogens with zero attached hydrogens (tertiary/aromatic N) is 2. The molecule has 1 aromatic carbocycles. The van der Waals surface area contributed by atoms with Gasteiger partial charge in [0.1, 0.15) is 5.76 Å². The van der Waals surface area contributed by atoms with Crippen molar-refractivity contribution in [3.63, 3.8) is 0 Å². The van der Waals surface area contributed by atoms with Crippen LogP contribution in [0.15, 0.2) is 39.9 Å². The van der Waals surface area contributed by atoms with Crippen molar-refractivity contribution in [2.75, 3.05) is 19.3 Å². The Morgan fingerprint density at radius 2 is 1.89 bits per heavy atom. The predicted octanol–water partition coefficient (Wildman–Crippen LogP) is 4.50. The third kappa shape index (κ3) is 8.55. The van der Waals surface area contributed by atoms with Crippen molar-refractivity contribution in [1.82, 2.24) is 15.6 Å². The lowest BCUT2D eigenvalue weighted by molar-refractivity contribution is 0.379. The van der Waals surface area contributed by atoms with Crippen LogP contribution in [0.25, 0.3) is 0 Å². The van der Waals surface area contributed by atoms with Gasteiger partial charge in [0.15, 0.2) is 5.96 Å². The number of thioether (sulfide) groups is 1. The van der Waals surface area contributed by atoms with E-state index in [-0.39, 0.29) is 29.4 Å². The molecule has 0 radical (unpaired) electrons. The molecule has 2 rings (SSSR count). The molecule has 0 aliphatic heterocycles. The topological polar surface area (TPSA) is 62.5 Å². The van der Waals surface area contributed by atoms with Crippen LogP contribution < -0.4 is 10.6 Å². The van der Waals surface area contributed by atoms with E-state index in [2.05, 4.69) is 72.6 Å². The lowest BCUT2D eigenvalue weighted by Gasteiger charge is -2.13. The second-order valence-electron chi connectivity index (χ2n) is 7.26.